The molecule has 3 rings (SSSR count). The number of hydrogen-bond donors (Lipinski definition) is 1. The van der Waals surface area contributed by atoms with Crippen LogP contribution in [0.25, 0.3) is 11.3 Å². The number of benzene rings is 2. The number of ether oxygens (including phenoxy) is 1. The summed E-state index contributed by atoms with van der Waals surface area (Å²) >= 11 is 10.4. The molecule has 138 valence electrons. The molecule has 0 saturated carbocycles. The molecule has 0 spiro atoms. The number of anilines is 1. The highest BCUT2D eigenvalue weighted by Gasteiger charge is 2.11. The SMILES string of the molecule is O=C(COc1ccc(Cl)cc1Br)Nc1nc(-c2ccc([N+](=O)[O-])cc2)cs1. The highest BCUT2D eigenvalue weighted by Crippen LogP contribution is 2.28. The van der Waals surface area contributed by atoms with E-state index in [4.69, 9.17) is 16.3 Å². The van der Waals surface area contributed by atoms with Gasteiger partial charge in [-0.25, -0.2) is 4.98 Å². The molecule has 2 aromatic carbocycles. The Hall–Kier alpha value is -2.49. The number of aromatic nitrogens is 1. The van der Waals surface area contributed by atoms with E-state index in [9.17, 15) is 14.9 Å². The van der Waals surface area contributed by atoms with Crippen molar-refractivity contribution in [1.29, 1.82) is 0 Å². The molecule has 7 nitrogen and oxygen atoms in total. The van der Waals surface area contributed by atoms with Crippen molar-refractivity contribution in [2.24, 2.45) is 0 Å². The normalized spacial score (nSPS) is 10.4. The van der Waals surface area contributed by atoms with E-state index in [0.717, 1.165) is 5.56 Å². The maximum absolute atomic E-state index is 12.0. The maximum Gasteiger partial charge on any atom is 0.269 e. The number of amides is 1. The minimum atomic E-state index is -0.463. The van der Waals surface area contributed by atoms with Crippen molar-refractivity contribution < 1.29 is 14.5 Å². The number of halogens is 2. The first kappa shape index (κ1) is 19.3. The fourth-order valence-corrected chi connectivity index (χ4v) is 3.64. The topological polar surface area (TPSA) is 94.4 Å². The van der Waals surface area contributed by atoms with Crippen LogP contribution >= 0.6 is 38.9 Å². The van der Waals surface area contributed by atoms with E-state index in [1.165, 1.54) is 23.5 Å². The monoisotopic (exact) mass is 467 g/mol. The Labute approximate surface area is 171 Å². The molecule has 0 fully saturated rings. The van der Waals surface area contributed by atoms with Gasteiger partial charge < -0.3 is 4.74 Å². The number of carbonyl (C=O) groups is 1. The average Bonchev–Trinajstić information content (AvgIpc) is 3.09. The van der Waals surface area contributed by atoms with Crippen molar-refractivity contribution in [2.75, 3.05) is 11.9 Å². The van der Waals surface area contributed by atoms with Crippen molar-refractivity contribution in [3.8, 4) is 17.0 Å². The fourth-order valence-electron chi connectivity index (χ4n) is 2.11. The van der Waals surface area contributed by atoms with Crippen LogP contribution in [-0.2, 0) is 4.79 Å². The van der Waals surface area contributed by atoms with E-state index in [1.807, 2.05) is 0 Å². The molecule has 0 aliphatic carbocycles. The fraction of sp³-hybridized carbons (Fsp3) is 0.0588. The Morgan fingerprint density at radius 2 is 2.04 bits per heavy atom. The summed E-state index contributed by atoms with van der Waals surface area (Å²) in [5.41, 5.74) is 1.35. The number of non-ortho nitro benzene ring substituents is 1. The van der Waals surface area contributed by atoms with Gasteiger partial charge in [0.15, 0.2) is 11.7 Å². The summed E-state index contributed by atoms with van der Waals surface area (Å²) in [6, 6.07) is 11.0. The molecule has 1 amide bonds. The molecule has 0 saturated heterocycles. The van der Waals surface area contributed by atoms with Crippen LogP contribution in [0, 0.1) is 10.1 Å². The van der Waals surface area contributed by atoms with Crippen molar-refractivity contribution in [2.45, 2.75) is 0 Å². The van der Waals surface area contributed by atoms with E-state index in [2.05, 4.69) is 26.2 Å². The van der Waals surface area contributed by atoms with Crippen molar-refractivity contribution in [3.63, 3.8) is 0 Å². The van der Waals surface area contributed by atoms with Crippen LogP contribution in [-0.4, -0.2) is 22.4 Å². The van der Waals surface area contributed by atoms with Gasteiger partial charge in [-0.3, -0.25) is 20.2 Å². The summed E-state index contributed by atoms with van der Waals surface area (Å²) in [6.45, 7) is -0.188. The van der Waals surface area contributed by atoms with Crippen LogP contribution < -0.4 is 10.1 Å². The van der Waals surface area contributed by atoms with Gasteiger partial charge in [-0.1, -0.05) is 11.6 Å². The smallest absolute Gasteiger partial charge is 0.269 e. The summed E-state index contributed by atoms with van der Waals surface area (Å²) in [4.78, 5) is 26.6. The molecule has 0 unspecified atom stereocenters. The third-order valence-corrected chi connectivity index (χ3v) is 4.99. The second kappa shape index (κ2) is 8.47. The zero-order chi connectivity index (χ0) is 19.4. The molecule has 0 bridgehead atoms. The first-order valence-electron chi connectivity index (χ1n) is 7.50. The zero-order valence-corrected chi connectivity index (χ0v) is 16.7. The zero-order valence-electron chi connectivity index (χ0n) is 13.5. The standard InChI is InChI=1S/C17H11BrClN3O4S/c18-13-7-11(19)3-6-15(13)26-8-16(23)21-17-20-14(9-27-17)10-1-4-12(5-2-10)22(24)25/h1-7,9H,8H2,(H,20,21,23). The van der Waals surface area contributed by atoms with Crippen LogP contribution in [0.3, 0.4) is 0 Å². The number of thiazole rings is 1. The summed E-state index contributed by atoms with van der Waals surface area (Å²) in [6.07, 6.45) is 0. The number of nitrogens with one attached hydrogen (secondary N) is 1. The van der Waals surface area contributed by atoms with Crippen molar-refractivity contribution in [1.82, 2.24) is 4.98 Å². The van der Waals surface area contributed by atoms with Crippen LogP contribution in [0.2, 0.25) is 5.02 Å². The molecule has 10 heteroatoms. The molecule has 27 heavy (non-hydrogen) atoms. The Morgan fingerprint density at radius 1 is 1.30 bits per heavy atom. The predicted molar refractivity (Wildman–Crippen MR) is 107 cm³/mol. The van der Waals surface area contributed by atoms with E-state index >= 15 is 0 Å². The van der Waals surface area contributed by atoms with E-state index in [0.29, 0.717) is 26.1 Å². The Bertz CT molecular complexity index is 994. The molecule has 0 atom stereocenters. The van der Waals surface area contributed by atoms with Gasteiger partial charge in [0.1, 0.15) is 5.75 Å². The lowest BCUT2D eigenvalue weighted by atomic mass is 10.1. The molecular weight excluding hydrogens is 458 g/mol. The molecular formula is C17H11BrClN3O4S. The summed E-state index contributed by atoms with van der Waals surface area (Å²) in [7, 11) is 0. The molecule has 1 aromatic heterocycles. The number of rotatable bonds is 6. The van der Waals surface area contributed by atoms with Crippen LogP contribution in [0.4, 0.5) is 10.8 Å². The lowest BCUT2D eigenvalue weighted by Crippen LogP contribution is -2.20. The first-order valence-corrected chi connectivity index (χ1v) is 9.55. The van der Waals surface area contributed by atoms with Crippen molar-refractivity contribution in [3.05, 3.63) is 67.5 Å². The minimum absolute atomic E-state index is 0.00742. The lowest BCUT2D eigenvalue weighted by molar-refractivity contribution is -0.384. The second-order valence-electron chi connectivity index (χ2n) is 5.25. The predicted octanol–water partition coefficient (Wildman–Crippen LogP) is 5.15. The minimum Gasteiger partial charge on any atom is -0.483 e. The molecule has 3 aromatic rings. The number of nitro benzene ring substituents is 1. The average molecular weight is 469 g/mol. The Morgan fingerprint density at radius 3 is 2.70 bits per heavy atom. The van der Waals surface area contributed by atoms with Crippen molar-refractivity contribution >= 4 is 55.6 Å². The Balaban J connectivity index is 1.59. The van der Waals surface area contributed by atoms with Gasteiger partial charge >= 0.3 is 0 Å². The number of carbonyl (C=O) groups excluding carboxylic acids is 1. The molecule has 0 aliphatic heterocycles. The van der Waals surface area contributed by atoms with Gasteiger partial charge in [0.25, 0.3) is 11.6 Å². The Kier molecular flexibility index (Phi) is 6.04. The molecule has 1 heterocycles. The summed E-state index contributed by atoms with van der Waals surface area (Å²) < 4.78 is 6.10. The second-order valence-corrected chi connectivity index (χ2v) is 7.40. The third kappa shape index (κ3) is 5.03. The third-order valence-electron chi connectivity index (χ3n) is 3.38. The number of hydrogen-bond acceptors (Lipinski definition) is 6. The molecule has 0 radical (unpaired) electrons. The highest BCUT2D eigenvalue weighted by molar-refractivity contribution is 9.10. The molecule has 1 N–H and O–H groups in total. The summed E-state index contributed by atoms with van der Waals surface area (Å²) in [5.74, 6) is 0.140. The van der Waals surface area contributed by atoms with Gasteiger partial charge in [0.05, 0.1) is 15.1 Å². The quantitative estimate of drug-likeness (QED) is 0.399. The van der Waals surface area contributed by atoms with E-state index in [-0.39, 0.29) is 18.2 Å². The van der Waals surface area contributed by atoms with Gasteiger partial charge in [-0.15, -0.1) is 11.3 Å². The first-order chi connectivity index (χ1) is 12.9. The van der Waals surface area contributed by atoms with Gasteiger partial charge in [-0.2, -0.15) is 0 Å². The largest absolute Gasteiger partial charge is 0.483 e. The highest BCUT2D eigenvalue weighted by atomic mass is 79.9. The van der Waals surface area contributed by atoms with Gasteiger partial charge in [-0.05, 0) is 46.3 Å². The maximum atomic E-state index is 12.0. The van der Waals surface area contributed by atoms with Crippen LogP contribution in [0.1, 0.15) is 0 Å². The van der Waals surface area contributed by atoms with Gasteiger partial charge in [0, 0.05) is 28.1 Å². The summed E-state index contributed by atoms with van der Waals surface area (Å²) in [5, 5.41) is 16.1. The molecule has 0 aliphatic rings. The van der Waals surface area contributed by atoms with Crippen LogP contribution in [0.15, 0.2) is 52.3 Å². The number of nitrogens with zero attached hydrogens (tertiary/aromatic N) is 2. The van der Waals surface area contributed by atoms with Gasteiger partial charge in [0.2, 0.25) is 0 Å². The lowest BCUT2D eigenvalue weighted by Gasteiger charge is -2.07. The number of nitro groups is 1. The van der Waals surface area contributed by atoms with E-state index in [1.54, 1.807) is 35.7 Å². The van der Waals surface area contributed by atoms with E-state index < -0.39 is 4.92 Å². The van der Waals surface area contributed by atoms with Crippen LogP contribution in [0.5, 0.6) is 5.75 Å².